The minimum absolute atomic E-state index is 0.0504. The predicted octanol–water partition coefficient (Wildman–Crippen LogP) is 0.241. The molecule has 0 spiro atoms. The lowest BCUT2D eigenvalue weighted by Crippen LogP contribution is -2.65. The van der Waals surface area contributed by atoms with Crippen molar-refractivity contribution in [2.75, 3.05) is 19.8 Å². The molecule has 13 heteroatoms. The molecular formula is C26H34N4O9. The molecule has 3 atom stereocenters. The van der Waals surface area contributed by atoms with Crippen LogP contribution in [0.1, 0.15) is 56.3 Å². The van der Waals surface area contributed by atoms with E-state index in [2.05, 4.69) is 10.6 Å². The fourth-order valence-corrected chi connectivity index (χ4v) is 4.64. The fourth-order valence-electron chi connectivity index (χ4n) is 4.64. The Bertz CT molecular complexity index is 1070. The number of amides is 4. The van der Waals surface area contributed by atoms with Crippen LogP contribution in [-0.2, 0) is 33.4 Å². The summed E-state index contributed by atoms with van der Waals surface area (Å²) in [7, 11) is 0. The number of nitrogens with zero attached hydrogens (tertiary/aromatic N) is 2. The first-order valence-corrected chi connectivity index (χ1v) is 13.0. The minimum atomic E-state index is -1.22. The number of carboxylic acids is 1. The van der Waals surface area contributed by atoms with Crippen LogP contribution >= 0.6 is 0 Å². The van der Waals surface area contributed by atoms with E-state index in [-0.39, 0.29) is 44.6 Å². The van der Waals surface area contributed by atoms with E-state index in [4.69, 9.17) is 9.47 Å². The van der Waals surface area contributed by atoms with E-state index in [1.807, 2.05) is 0 Å². The SMILES string of the molecule is CCOC(OCC)C(CC(=O)O)NC(=O)C1CCCN2C(=O)CCC(NC(=O)C(=O)c3ccccc3)C(=O)N12. The summed E-state index contributed by atoms with van der Waals surface area (Å²) in [6.07, 6.45) is -1.07. The molecule has 0 radical (unpaired) electrons. The van der Waals surface area contributed by atoms with E-state index in [0.29, 0.717) is 6.42 Å². The number of carboxylic acid groups (broad SMARTS) is 1. The first-order valence-electron chi connectivity index (χ1n) is 13.0. The summed E-state index contributed by atoms with van der Waals surface area (Å²) in [6.45, 7) is 4.00. The molecule has 1 aromatic carbocycles. The van der Waals surface area contributed by atoms with Crippen molar-refractivity contribution in [3.63, 3.8) is 0 Å². The van der Waals surface area contributed by atoms with Gasteiger partial charge in [-0.2, -0.15) is 0 Å². The van der Waals surface area contributed by atoms with Gasteiger partial charge in [0.1, 0.15) is 12.1 Å². The van der Waals surface area contributed by atoms with Crippen LogP contribution in [0.4, 0.5) is 0 Å². The second kappa shape index (κ2) is 13.8. The Morgan fingerprint density at radius 2 is 1.72 bits per heavy atom. The third-order valence-corrected chi connectivity index (χ3v) is 6.42. The van der Waals surface area contributed by atoms with E-state index < -0.39 is 66.2 Å². The Kier molecular flexibility index (Phi) is 10.5. The number of hydrogen-bond donors (Lipinski definition) is 3. The van der Waals surface area contributed by atoms with Crippen LogP contribution in [-0.4, -0.2) is 94.7 Å². The lowest BCUT2D eigenvalue weighted by molar-refractivity contribution is -0.179. The Morgan fingerprint density at radius 1 is 1.05 bits per heavy atom. The molecule has 39 heavy (non-hydrogen) atoms. The molecule has 0 aliphatic carbocycles. The molecule has 0 bridgehead atoms. The zero-order valence-corrected chi connectivity index (χ0v) is 22.0. The molecule has 13 nitrogen and oxygen atoms in total. The van der Waals surface area contributed by atoms with Crippen molar-refractivity contribution in [2.24, 2.45) is 0 Å². The number of Topliss-reactive ketones (excluding diaryl/α,β-unsaturated/α-hetero) is 1. The van der Waals surface area contributed by atoms with Gasteiger partial charge in [-0.25, -0.2) is 5.01 Å². The molecule has 3 N–H and O–H groups in total. The average molecular weight is 547 g/mol. The molecule has 4 amide bonds. The van der Waals surface area contributed by atoms with Gasteiger partial charge in [0.15, 0.2) is 6.29 Å². The van der Waals surface area contributed by atoms with Gasteiger partial charge in [-0.05, 0) is 33.1 Å². The Morgan fingerprint density at radius 3 is 2.33 bits per heavy atom. The normalized spacial score (nSPS) is 20.2. The number of ketones is 1. The number of fused-ring (bicyclic) bond motifs is 1. The van der Waals surface area contributed by atoms with E-state index in [1.54, 1.807) is 32.0 Å². The van der Waals surface area contributed by atoms with Crippen LogP contribution in [0.3, 0.4) is 0 Å². The summed E-state index contributed by atoms with van der Waals surface area (Å²) < 4.78 is 11.0. The number of rotatable bonds is 12. The monoisotopic (exact) mass is 546 g/mol. The highest BCUT2D eigenvalue weighted by atomic mass is 16.7. The number of nitrogens with one attached hydrogen (secondary N) is 2. The van der Waals surface area contributed by atoms with E-state index in [0.717, 1.165) is 5.01 Å². The zero-order chi connectivity index (χ0) is 28.5. The molecule has 2 aliphatic rings. The number of ether oxygens (including phenoxy) is 2. The number of benzene rings is 1. The number of hydrazine groups is 1. The minimum Gasteiger partial charge on any atom is -0.481 e. The van der Waals surface area contributed by atoms with Gasteiger partial charge in [0, 0.05) is 31.7 Å². The first kappa shape index (κ1) is 29.7. The van der Waals surface area contributed by atoms with Crippen molar-refractivity contribution in [2.45, 2.75) is 70.4 Å². The summed E-state index contributed by atoms with van der Waals surface area (Å²) >= 11 is 0. The molecule has 1 aromatic rings. The standard InChI is InChI=1S/C26H34N4O9/c1-3-38-26(39-4-2)18(15-21(32)33)28-23(35)19-11-8-14-29-20(31)13-12-17(25(37)30(19)29)27-24(36)22(34)16-9-6-5-7-10-16/h5-7,9-10,17-19,26H,3-4,8,11-15H2,1-2H3,(H,27,36)(H,28,35)(H,32,33). The van der Waals surface area contributed by atoms with Crippen molar-refractivity contribution >= 4 is 35.4 Å². The third-order valence-electron chi connectivity index (χ3n) is 6.42. The highest BCUT2D eigenvalue weighted by Gasteiger charge is 2.45. The number of carbonyl (C=O) groups is 6. The Labute approximate surface area is 225 Å². The lowest BCUT2D eigenvalue weighted by Gasteiger charge is -2.43. The highest BCUT2D eigenvalue weighted by molar-refractivity contribution is 6.43. The molecule has 3 unspecified atom stereocenters. The van der Waals surface area contributed by atoms with E-state index in [9.17, 15) is 33.9 Å². The first-order chi connectivity index (χ1) is 18.7. The maximum atomic E-state index is 13.6. The quantitative estimate of drug-likeness (QED) is 0.189. The van der Waals surface area contributed by atoms with E-state index in [1.165, 1.54) is 17.1 Å². The van der Waals surface area contributed by atoms with Gasteiger partial charge in [-0.3, -0.25) is 33.8 Å². The van der Waals surface area contributed by atoms with E-state index >= 15 is 0 Å². The van der Waals surface area contributed by atoms with Crippen LogP contribution in [0, 0.1) is 0 Å². The van der Waals surface area contributed by atoms with Crippen molar-refractivity contribution in [1.82, 2.24) is 20.7 Å². The number of hydrogen-bond acceptors (Lipinski definition) is 8. The molecule has 2 heterocycles. The van der Waals surface area contributed by atoms with Crippen molar-refractivity contribution in [3.8, 4) is 0 Å². The van der Waals surface area contributed by atoms with Crippen LogP contribution < -0.4 is 10.6 Å². The van der Waals surface area contributed by atoms with Crippen molar-refractivity contribution < 1.29 is 43.3 Å². The average Bonchev–Trinajstić information content (AvgIpc) is 3.04. The second-order valence-corrected chi connectivity index (χ2v) is 9.11. The lowest BCUT2D eigenvalue weighted by atomic mass is 10.0. The van der Waals surface area contributed by atoms with Crippen molar-refractivity contribution in [1.29, 1.82) is 0 Å². The predicted molar refractivity (Wildman–Crippen MR) is 135 cm³/mol. The van der Waals surface area contributed by atoms with Crippen LogP contribution in [0.25, 0.3) is 0 Å². The number of carbonyl (C=O) groups excluding carboxylic acids is 5. The van der Waals surface area contributed by atoms with Crippen LogP contribution in [0.5, 0.6) is 0 Å². The van der Waals surface area contributed by atoms with Gasteiger partial charge < -0.3 is 25.2 Å². The summed E-state index contributed by atoms with van der Waals surface area (Å²) in [4.78, 5) is 76.7. The maximum absolute atomic E-state index is 13.6. The largest absolute Gasteiger partial charge is 0.481 e. The molecular weight excluding hydrogens is 512 g/mol. The molecule has 2 saturated heterocycles. The Hall–Kier alpha value is -3.84. The third kappa shape index (κ3) is 7.39. The second-order valence-electron chi connectivity index (χ2n) is 9.11. The Balaban J connectivity index is 1.82. The van der Waals surface area contributed by atoms with Gasteiger partial charge >= 0.3 is 5.97 Å². The summed E-state index contributed by atoms with van der Waals surface area (Å²) in [5.41, 5.74) is 0.145. The van der Waals surface area contributed by atoms with Crippen LogP contribution in [0.2, 0.25) is 0 Å². The number of aliphatic carboxylic acids is 1. The molecule has 0 aromatic heterocycles. The van der Waals surface area contributed by atoms with Crippen molar-refractivity contribution in [3.05, 3.63) is 35.9 Å². The summed E-state index contributed by atoms with van der Waals surface area (Å²) in [6, 6.07) is 4.39. The van der Waals surface area contributed by atoms with Crippen LogP contribution in [0.15, 0.2) is 30.3 Å². The van der Waals surface area contributed by atoms with Gasteiger partial charge in [0.25, 0.3) is 11.8 Å². The highest BCUT2D eigenvalue weighted by Crippen LogP contribution is 2.25. The molecule has 212 valence electrons. The maximum Gasteiger partial charge on any atom is 0.305 e. The topological polar surface area (TPSA) is 172 Å². The van der Waals surface area contributed by atoms with Gasteiger partial charge in [0.05, 0.1) is 12.5 Å². The summed E-state index contributed by atoms with van der Waals surface area (Å²) in [5, 5.41) is 16.7. The molecule has 2 aliphatic heterocycles. The van der Waals surface area contributed by atoms with Gasteiger partial charge in [0.2, 0.25) is 17.6 Å². The summed E-state index contributed by atoms with van der Waals surface area (Å²) in [5.74, 6) is -4.84. The fraction of sp³-hybridized carbons (Fsp3) is 0.538. The zero-order valence-electron chi connectivity index (χ0n) is 22.0. The molecule has 0 saturated carbocycles. The molecule has 2 fully saturated rings. The molecule has 3 rings (SSSR count). The van der Waals surface area contributed by atoms with Gasteiger partial charge in [-0.15, -0.1) is 0 Å². The smallest absolute Gasteiger partial charge is 0.305 e. The van der Waals surface area contributed by atoms with Gasteiger partial charge in [-0.1, -0.05) is 30.3 Å².